The Bertz CT molecular complexity index is 796. The lowest BCUT2D eigenvalue weighted by atomic mass is 10.1. The highest BCUT2D eigenvalue weighted by atomic mass is 35.5. The van der Waals surface area contributed by atoms with E-state index in [0.717, 1.165) is 31.2 Å². The number of halogens is 1. The molecular formula is C17H23ClN4O2S. The van der Waals surface area contributed by atoms with E-state index < -0.39 is 16.3 Å². The summed E-state index contributed by atoms with van der Waals surface area (Å²) in [5.41, 5.74) is 0.803. The molecule has 1 aliphatic rings. The third-order valence-corrected chi connectivity index (χ3v) is 6.32. The van der Waals surface area contributed by atoms with Crippen LogP contribution in [-0.2, 0) is 17.3 Å². The van der Waals surface area contributed by atoms with Crippen LogP contribution < -0.4 is 4.72 Å². The Balaban J connectivity index is 1.92. The first kappa shape index (κ1) is 18.4. The number of hydrogen-bond acceptors (Lipinski definition) is 3. The monoisotopic (exact) mass is 382 g/mol. The minimum atomic E-state index is -3.61. The average molecular weight is 383 g/mol. The van der Waals surface area contributed by atoms with Crippen LogP contribution >= 0.6 is 11.6 Å². The van der Waals surface area contributed by atoms with Gasteiger partial charge in [-0.15, -0.1) is 0 Å². The second-order valence-corrected chi connectivity index (χ2v) is 8.46. The van der Waals surface area contributed by atoms with Crippen LogP contribution in [0.25, 0.3) is 0 Å². The Morgan fingerprint density at radius 3 is 2.32 bits per heavy atom. The molecule has 25 heavy (non-hydrogen) atoms. The number of nitrogens with one attached hydrogen (secondary N) is 1. The van der Waals surface area contributed by atoms with Crippen molar-refractivity contribution in [1.82, 2.24) is 18.6 Å². The predicted octanol–water partition coefficient (Wildman–Crippen LogP) is 2.87. The largest absolute Gasteiger partial charge is 0.336 e. The van der Waals surface area contributed by atoms with E-state index in [0.29, 0.717) is 23.9 Å². The van der Waals surface area contributed by atoms with Crippen LogP contribution in [-0.4, -0.2) is 35.4 Å². The summed E-state index contributed by atoms with van der Waals surface area (Å²) in [5, 5.41) is 0.609. The first-order chi connectivity index (χ1) is 12.0. The summed E-state index contributed by atoms with van der Waals surface area (Å²) in [6.07, 6.45) is 7.42. The molecule has 0 bridgehead atoms. The third-order valence-electron chi connectivity index (χ3n) is 4.49. The average Bonchev–Trinajstić information content (AvgIpc) is 2.84. The van der Waals surface area contributed by atoms with Crippen molar-refractivity contribution >= 4 is 21.8 Å². The first-order valence-electron chi connectivity index (χ1n) is 8.47. The molecule has 0 radical (unpaired) electrons. The molecule has 1 aromatic carbocycles. The Labute approximate surface area is 154 Å². The smallest absolute Gasteiger partial charge is 0.280 e. The molecule has 2 aromatic rings. The Morgan fingerprint density at radius 2 is 1.76 bits per heavy atom. The van der Waals surface area contributed by atoms with Gasteiger partial charge in [0.15, 0.2) is 0 Å². The predicted molar refractivity (Wildman–Crippen MR) is 98.6 cm³/mol. The molecule has 1 atom stereocenters. The van der Waals surface area contributed by atoms with E-state index in [4.69, 9.17) is 11.6 Å². The van der Waals surface area contributed by atoms with Crippen molar-refractivity contribution < 1.29 is 8.42 Å². The SMILES string of the molecule is Cn1ccnc1C(NS(=O)(=O)N1CCCCCC1)c1ccc(Cl)cc1. The maximum absolute atomic E-state index is 12.9. The lowest BCUT2D eigenvalue weighted by Crippen LogP contribution is -2.43. The summed E-state index contributed by atoms with van der Waals surface area (Å²) in [7, 11) is -1.76. The van der Waals surface area contributed by atoms with Gasteiger partial charge >= 0.3 is 0 Å². The molecule has 8 heteroatoms. The van der Waals surface area contributed by atoms with E-state index in [1.54, 1.807) is 28.8 Å². The molecule has 1 saturated heterocycles. The van der Waals surface area contributed by atoms with Gasteiger partial charge in [0.1, 0.15) is 11.9 Å². The lowest BCUT2D eigenvalue weighted by molar-refractivity contribution is 0.409. The van der Waals surface area contributed by atoms with Gasteiger partial charge in [0, 0.05) is 37.6 Å². The molecule has 0 saturated carbocycles. The van der Waals surface area contributed by atoms with Gasteiger partial charge in [-0.25, -0.2) is 4.98 Å². The van der Waals surface area contributed by atoms with Crippen LogP contribution in [0.4, 0.5) is 0 Å². The standard InChI is InChI=1S/C17H23ClN4O2S/c1-21-13-10-19-17(21)16(14-6-8-15(18)9-7-14)20-25(23,24)22-11-4-2-3-5-12-22/h6-10,13,16,20H,2-5,11-12H2,1H3. The van der Waals surface area contributed by atoms with Crippen molar-refractivity contribution in [3.8, 4) is 0 Å². The summed E-state index contributed by atoms with van der Waals surface area (Å²) < 4.78 is 32.1. The van der Waals surface area contributed by atoms with Crippen LogP contribution in [0.15, 0.2) is 36.7 Å². The minimum Gasteiger partial charge on any atom is -0.336 e. The Morgan fingerprint density at radius 1 is 1.12 bits per heavy atom. The lowest BCUT2D eigenvalue weighted by Gasteiger charge is -2.25. The van der Waals surface area contributed by atoms with E-state index in [1.807, 2.05) is 23.7 Å². The summed E-state index contributed by atoms with van der Waals surface area (Å²) in [6.45, 7) is 1.12. The quantitative estimate of drug-likeness (QED) is 0.864. The van der Waals surface area contributed by atoms with E-state index >= 15 is 0 Å². The van der Waals surface area contributed by atoms with E-state index in [-0.39, 0.29) is 0 Å². The Kier molecular flexibility index (Phi) is 5.78. The molecular weight excluding hydrogens is 360 g/mol. The fourth-order valence-electron chi connectivity index (χ4n) is 3.09. The molecule has 2 heterocycles. The summed E-state index contributed by atoms with van der Waals surface area (Å²) in [4.78, 5) is 4.35. The fourth-order valence-corrected chi connectivity index (χ4v) is 4.64. The number of aromatic nitrogens is 2. The maximum atomic E-state index is 12.9. The zero-order chi connectivity index (χ0) is 17.9. The van der Waals surface area contributed by atoms with Crippen molar-refractivity contribution in [3.63, 3.8) is 0 Å². The van der Waals surface area contributed by atoms with Crippen molar-refractivity contribution in [2.75, 3.05) is 13.1 Å². The summed E-state index contributed by atoms with van der Waals surface area (Å²) in [6, 6.07) is 6.60. The molecule has 1 aliphatic heterocycles. The van der Waals surface area contributed by atoms with Gasteiger partial charge in [-0.05, 0) is 30.5 Å². The highest BCUT2D eigenvalue weighted by Crippen LogP contribution is 2.24. The van der Waals surface area contributed by atoms with E-state index in [1.165, 1.54) is 0 Å². The van der Waals surface area contributed by atoms with Gasteiger partial charge in [-0.3, -0.25) is 0 Å². The molecule has 0 amide bonds. The molecule has 3 rings (SSSR count). The molecule has 1 unspecified atom stereocenters. The number of nitrogens with zero attached hydrogens (tertiary/aromatic N) is 3. The molecule has 1 N–H and O–H groups in total. The second kappa shape index (κ2) is 7.86. The number of benzene rings is 1. The highest BCUT2D eigenvalue weighted by Gasteiger charge is 2.29. The van der Waals surface area contributed by atoms with Crippen LogP contribution in [0.3, 0.4) is 0 Å². The van der Waals surface area contributed by atoms with Crippen LogP contribution in [0, 0.1) is 0 Å². The molecule has 0 spiro atoms. The molecule has 1 fully saturated rings. The highest BCUT2D eigenvalue weighted by molar-refractivity contribution is 7.87. The van der Waals surface area contributed by atoms with E-state index in [2.05, 4.69) is 9.71 Å². The van der Waals surface area contributed by atoms with Gasteiger partial charge < -0.3 is 4.57 Å². The van der Waals surface area contributed by atoms with Gasteiger partial charge in [0.2, 0.25) is 0 Å². The topological polar surface area (TPSA) is 67.2 Å². The van der Waals surface area contributed by atoms with Crippen LogP contribution in [0.1, 0.15) is 43.1 Å². The fraction of sp³-hybridized carbons (Fsp3) is 0.471. The normalized spacial score (nSPS) is 18.0. The zero-order valence-electron chi connectivity index (χ0n) is 14.2. The molecule has 136 valence electrons. The first-order valence-corrected chi connectivity index (χ1v) is 10.3. The van der Waals surface area contributed by atoms with Crippen molar-refractivity contribution in [2.24, 2.45) is 7.05 Å². The van der Waals surface area contributed by atoms with Gasteiger partial charge in [0.05, 0.1) is 0 Å². The summed E-state index contributed by atoms with van der Waals surface area (Å²) >= 11 is 5.98. The maximum Gasteiger partial charge on any atom is 0.280 e. The second-order valence-electron chi connectivity index (χ2n) is 6.32. The molecule has 0 aliphatic carbocycles. The van der Waals surface area contributed by atoms with Crippen molar-refractivity contribution in [1.29, 1.82) is 0 Å². The minimum absolute atomic E-state index is 0.559. The number of rotatable bonds is 5. The Hall–Kier alpha value is -1.41. The van der Waals surface area contributed by atoms with Gasteiger partial charge in [-0.2, -0.15) is 17.4 Å². The van der Waals surface area contributed by atoms with Gasteiger partial charge in [0.25, 0.3) is 10.2 Å². The number of hydrogen-bond donors (Lipinski definition) is 1. The van der Waals surface area contributed by atoms with Crippen LogP contribution in [0.5, 0.6) is 0 Å². The number of imidazole rings is 1. The van der Waals surface area contributed by atoms with Crippen molar-refractivity contribution in [2.45, 2.75) is 31.7 Å². The third kappa shape index (κ3) is 4.41. The zero-order valence-corrected chi connectivity index (χ0v) is 15.8. The molecule has 1 aromatic heterocycles. The van der Waals surface area contributed by atoms with E-state index in [9.17, 15) is 8.42 Å². The van der Waals surface area contributed by atoms with Gasteiger partial charge in [-0.1, -0.05) is 36.6 Å². The number of aryl methyl sites for hydroxylation is 1. The van der Waals surface area contributed by atoms with Crippen LogP contribution in [0.2, 0.25) is 5.02 Å². The molecule has 6 nitrogen and oxygen atoms in total. The summed E-state index contributed by atoms with van der Waals surface area (Å²) in [5.74, 6) is 0.640. The van der Waals surface area contributed by atoms with Crippen molar-refractivity contribution in [3.05, 3.63) is 53.1 Å².